The fourth-order valence-electron chi connectivity index (χ4n) is 2.46. The number of hydrogen-bond acceptors (Lipinski definition) is 4. The number of amides is 1. The normalized spacial score (nSPS) is 11.7. The predicted octanol–water partition coefficient (Wildman–Crippen LogP) is 3.98. The van der Waals surface area contributed by atoms with Crippen LogP contribution in [0.3, 0.4) is 0 Å². The number of ether oxygens (including phenoxy) is 2. The zero-order valence-corrected chi connectivity index (χ0v) is 16.4. The molecular formula is C19H22Cl2N2O3. The highest BCUT2D eigenvalue weighted by molar-refractivity contribution is 6.35. The Morgan fingerprint density at radius 3 is 2.46 bits per heavy atom. The third-order valence-corrected chi connectivity index (χ3v) is 4.50. The van der Waals surface area contributed by atoms with Crippen LogP contribution in [0.1, 0.15) is 24.1 Å². The van der Waals surface area contributed by atoms with Gasteiger partial charge in [0.1, 0.15) is 0 Å². The molecule has 2 aromatic rings. The van der Waals surface area contributed by atoms with Crippen molar-refractivity contribution in [3.63, 3.8) is 0 Å². The van der Waals surface area contributed by atoms with Gasteiger partial charge in [-0.25, -0.2) is 0 Å². The maximum Gasteiger partial charge on any atom is 0.234 e. The summed E-state index contributed by atoms with van der Waals surface area (Å²) < 4.78 is 10.5. The van der Waals surface area contributed by atoms with E-state index in [2.05, 4.69) is 10.6 Å². The van der Waals surface area contributed by atoms with Gasteiger partial charge in [0.15, 0.2) is 11.5 Å². The lowest BCUT2D eigenvalue weighted by atomic mass is 10.1. The van der Waals surface area contributed by atoms with E-state index in [9.17, 15) is 4.79 Å². The number of carbonyl (C=O) groups excluding carboxylic acids is 1. The molecule has 140 valence electrons. The second kappa shape index (κ2) is 9.67. The summed E-state index contributed by atoms with van der Waals surface area (Å²) in [6.07, 6.45) is 0. The van der Waals surface area contributed by atoms with Gasteiger partial charge in [-0.2, -0.15) is 0 Å². The maximum absolute atomic E-state index is 12.1. The van der Waals surface area contributed by atoms with Crippen LogP contribution in [0.2, 0.25) is 10.0 Å². The van der Waals surface area contributed by atoms with Crippen molar-refractivity contribution in [2.75, 3.05) is 20.8 Å². The van der Waals surface area contributed by atoms with Gasteiger partial charge in [-0.15, -0.1) is 0 Å². The molecule has 0 heterocycles. The Morgan fingerprint density at radius 2 is 1.81 bits per heavy atom. The Morgan fingerprint density at radius 1 is 1.08 bits per heavy atom. The smallest absolute Gasteiger partial charge is 0.234 e. The van der Waals surface area contributed by atoms with Gasteiger partial charge in [-0.05, 0) is 42.3 Å². The van der Waals surface area contributed by atoms with Crippen molar-refractivity contribution in [2.24, 2.45) is 0 Å². The van der Waals surface area contributed by atoms with Crippen molar-refractivity contribution >= 4 is 29.1 Å². The Labute approximate surface area is 163 Å². The second-order valence-electron chi connectivity index (χ2n) is 5.73. The van der Waals surface area contributed by atoms with Gasteiger partial charge < -0.3 is 20.1 Å². The average Bonchev–Trinajstić information content (AvgIpc) is 2.64. The molecule has 2 aromatic carbocycles. The van der Waals surface area contributed by atoms with Gasteiger partial charge in [-0.3, -0.25) is 4.79 Å². The fraction of sp³-hybridized carbons (Fsp3) is 0.316. The molecule has 1 amide bonds. The summed E-state index contributed by atoms with van der Waals surface area (Å²) in [5.74, 6) is 1.16. The summed E-state index contributed by atoms with van der Waals surface area (Å²) in [6.45, 7) is 2.51. The number of halogens is 2. The SMILES string of the molecule is COc1ccc(CNC(=O)CN[C@@H](C)c2ccc(Cl)cc2Cl)cc1OC. The lowest BCUT2D eigenvalue weighted by Gasteiger charge is -2.16. The monoisotopic (exact) mass is 396 g/mol. The number of hydrogen-bond donors (Lipinski definition) is 2. The minimum Gasteiger partial charge on any atom is -0.493 e. The van der Waals surface area contributed by atoms with Crippen molar-refractivity contribution in [3.8, 4) is 11.5 Å². The van der Waals surface area contributed by atoms with Crippen LogP contribution in [0.4, 0.5) is 0 Å². The molecule has 0 spiro atoms. The number of rotatable bonds is 8. The van der Waals surface area contributed by atoms with Crippen LogP contribution in [0.5, 0.6) is 11.5 Å². The molecule has 0 aliphatic heterocycles. The Kier molecular flexibility index (Phi) is 7.57. The quantitative estimate of drug-likeness (QED) is 0.708. The summed E-state index contributed by atoms with van der Waals surface area (Å²) in [7, 11) is 3.16. The first kappa shape index (κ1) is 20.4. The zero-order valence-electron chi connectivity index (χ0n) is 14.9. The van der Waals surface area contributed by atoms with E-state index >= 15 is 0 Å². The standard InChI is InChI=1S/C19H22Cl2N2O3/c1-12(15-6-5-14(20)9-16(15)21)22-11-19(24)23-10-13-4-7-17(25-2)18(8-13)26-3/h4-9,12,22H,10-11H2,1-3H3,(H,23,24)/t12-/m0/s1. The molecule has 0 aliphatic carbocycles. The molecule has 0 aliphatic rings. The van der Waals surface area contributed by atoms with Crippen LogP contribution in [0.25, 0.3) is 0 Å². The lowest BCUT2D eigenvalue weighted by Crippen LogP contribution is -2.34. The molecule has 2 rings (SSSR count). The molecule has 0 saturated heterocycles. The van der Waals surface area contributed by atoms with Crippen molar-refractivity contribution in [1.29, 1.82) is 0 Å². The molecule has 7 heteroatoms. The van der Waals surface area contributed by atoms with E-state index in [1.807, 2.05) is 31.2 Å². The first-order valence-electron chi connectivity index (χ1n) is 8.10. The van der Waals surface area contributed by atoms with E-state index in [-0.39, 0.29) is 18.5 Å². The van der Waals surface area contributed by atoms with Gasteiger partial charge >= 0.3 is 0 Å². The lowest BCUT2D eigenvalue weighted by molar-refractivity contribution is -0.120. The van der Waals surface area contributed by atoms with E-state index in [1.54, 1.807) is 26.4 Å². The van der Waals surface area contributed by atoms with Crippen LogP contribution in [0, 0.1) is 0 Å². The fourth-order valence-corrected chi connectivity index (χ4v) is 3.03. The highest BCUT2D eigenvalue weighted by Gasteiger charge is 2.12. The van der Waals surface area contributed by atoms with Crippen LogP contribution < -0.4 is 20.1 Å². The van der Waals surface area contributed by atoms with Crippen molar-refractivity contribution < 1.29 is 14.3 Å². The highest BCUT2D eigenvalue weighted by atomic mass is 35.5. The van der Waals surface area contributed by atoms with E-state index < -0.39 is 0 Å². The molecule has 5 nitrogen and oxygen atoms in total. The molecule has 0 fully saturated rings. The summed E-state index contributed by atoms with van der Waals surface area (Å²) in [4.78, 5) is 12.1. The number of carbonyl (C=O) groups is 1. The van der Waals surface area contributed by atoms with Gasteiger partial charge in [-0.1, -0.05) is 35.3 Å². The second-order valence-corrected chi connectivity index (χ2v) is 6.58. The first-order valence-corrected chi connectivity index (χ1v) is 8.86. The van der Waals surface area contributed by atoms with Gasteiger partial charge in [0.05, 0.1) is 20.8 Å². The largest absolute Gasteiger partial charge is 0.493 e. The minimum absolute atomic E-state index is 0.0772. The van der Waals surface area contributed by atoms with Crippen LogP contribution in [-0.2, 0) is 11.3 Å². The summed E-state index contributed by atoms with van der Waals surface area (Å²) in [5, 5.41) is 7.17. The molecule has 2 N–H and O–H groups in total. The van der Waals surface area contributed by atoms with Crippen LogP contribution in [-0.4, -0.2) is 26.7 Å². The van der Waals surface area contributed by atoms with E-state index in [1.165, 1.54) is 0 Å². The highest BCUT2D eigenvalue weighted by Crippen LogP contribution is 2.27. The molecule has 0 radical (unpaired) electrons. The molecule has 0 unspecified atom stereocenters. The van der Waals surface area contributed by atoms with Crippen molar-refractivity contribution in [2.45, 2.75) is 19.5 Å². The van der Waals surface area contributed by atoms with E-state index in [4.69, 9.17) is 32.7 Å². The summed E-state index contributed by atoms with van der Waals surface area (Å²) in [5.41, 5.74) is 1.81. The number of methoxy groups -OCH3 is 2. The first-order chi connectivity index (χ1) is 12.4. The minimum atomic E-state index is -0.114. The summed E-state index contributed by atoms with van der Waals surface area (Å²) in [6, 6.07) is 10.8. The average molecular weight is 397 g/mol. The van der Waals surface area contributed by atoms with Crippen molar-refractivity contribution in [3.05, 3.63) is 57.6 Å². The van der Waals surface area contributed by atoms with E-state index in [0.717, 1.165) is 11.1 Å². The zero-order chi connectivity index (χ0) is 19.1. The Bertz CT molecular complexity index is 768. The molecular weight excluding hydrogens is 375 g/mol. The van der Waals surface area contributed by atoms with Crippen LogP contribution >= 0.6 is 23.2 Å². The molecule has 1 atom stereocenters. The topological polar surface area (TPSA) is 59.6 Å². The summed E-state index contributed by atoms with van der Waals surface area (Å²) >= 11 is 12.1. The third-order valence-electron chi connectivity index (χ3n) is 3.94. The third kappa shape index (κ3) is 5.53. The molecule has 0 bridgehead atoms. The van der Waals surface area contributed by atoms with Gasteiger partial charge in [0, 0.05) is 22.6 Å². The molecule has 0 saturated carbocycles. The number of benzene rings is 2. The number of nitrogens with one attached hydrogen (secondary N) is 2. The van der Waals surface area contributed by atoms with E-state index in [0.29, 0.717) is 28.1 Å². The maximum atomic E-state index is 12.1. The van der Waals surface area contributed by atoms with Crippen molar-refractivity contribution in [1.82, 2.24) is 10.6 Å². The molecule has 26 heavy (non-hydrogen) atoms. The Hall–Kier alpha value is -1.95. The molecule has 0 aromatic heterocycles. The predicted molar refractivity (Wildman–Crippen MR) is 104 cm³/mol. The van der Waals surface area contributed by atoms with Crippen LogP contribution in [0.15, 0.2) is 36.4 Å². The Balaban J connectivity index is 1.85. The van der Waals surface area contributed by atoms with Gasteiger partial charge in [0.25, 0.3) is 0 Å². The van der Waals surface area contributed by atoms with Gasteiger partial charge in [0.2, 0.25) is 5.91 Å².